The summed E-state index contributed by atoms with van der Waals surface area (Å²) in [7, 11) is 4.64. The van der Waals surface area contributed by atoms with Crippen LogP contribution in [0.15, 0.2) is 0 Å². The van der Waals surface area contributed by atoms with E-state index in [9.17, 15) is 0 Å². The van der Waals surface area contributed by atoms with E-state index in [1.165, 1.54) is 15.6 Å². The molecule has 0 aromatic carbocycles. The summed E-state index contributed by atoms with van der Waals surface area (Å²) in [6.07, 6.45) is 0. The quantitative estimate of drug-likeness (QED) is 0.513. The second kappa shape index (κ2) is 20.5. The molecule has 0 amide bonds. The molecule has 7 radical (unpaired) electrons. The van der Waals surface area contributed by atoms with Crippen LogP contribution in [0.3, 0.4) is 0 Å². The molecule has 0 aromatic heterocycles. The predicted molar refractivity (Wildman–Crippen MR) is 23.1 cm³/mol. The third-order valence-corrected chi connectivity index (χ3v) is 0. The zero-order chi connectivity index (χ0) is 4.00. The Hall–Kier alpha value is 1.92. The summed E-state index contributed by atoms with van der Waals surface area (Å²) in [5.74, 6) is 0. The maximum absolute atomic E-state index is 4.64. The molecule has 0 aliphatic carbocycles. The zero-order valence-corrected chi connectivity index (χ0v) is 8.93. The molecule has 0 aliphatic heterocycles. The van der Waals surface area contributed by atoms with Crippen molar-refractivity contribution >= 4 is 53.6 Å². The second-order valence-corrected chi connectivity index (χ2v) is 0. The van der Waals surface area contributed by atoms with Gasteiger partial charge in [-0.15, -0.1) is 0 Å². The fourth-order valence-corrected chi connectivity index (χ4v) is 0. The summed E-state index contributed by atoms with van der Waals surface area (Å²) in [5.41, 5.74) is 0. The van der Waals surface area contributed by atoms with E-state index in [1.54, 1.807) is 0 Å². The van der Waals surface area contributed by atoms with Crippen molar-refractivity contribution in [3.63, 3.8) is 0 Å². The standard InChI is InChI=1S/ClGe.Ge2/c2*1-2. The van der Waals surface area contributed by atoms with Crippen molar-refractivity contribution in [1.82, 2.24) is 0 Å². The van der Waals surface area contributed by atoms with Gasteiger partial charge in [0.25, 0.3) is 0 Å². The van der Waals surface area contributed by atoms with Crippen LogP contribution in [0.1, 0.15) is 0 Å². The van der Waals surface area contributed by atoms with Gasteiger partial charge >= 0.3 is 53.6 Å². The monoisotopic (exact) mass is 257 g/mol. The van der Waals surface area contributed by atoms with Crippen LogP contribution >= 0.6 is 10.0 Å². The summed E-state index contributed by atoms with van der Waals surface area (Å²) in [5, 5.41) is 0. The Morgan fingerprint density at radius 2 is 1.00 bits per heavy atom. The topological polar surface area (TPSA) is 0 Å². The van der Waals surface area contributed by atoms with Crippen molar-refractivity contribution in [2.45, 2.75) is 0 Å². The third kappa shape index (κ3) is 9.07. The van der Waals surface area contributed by atoms with Gasteiger partial charge in [0.15, 0.2) is 0 Å². The van der Waals surface area contributed by atoms with Crippen molar-refractivity contribution in [2.75, 3.05) is 0 Å². The van der Waals surface area contributed by atoms with E-state index in [1.807, 2.05) is 28.0 Å². The molecule has 4 heavy (non-hydrogen) atoms. The van der Waals surface area contributed by atoms with Gasteiger partial charge < -0.3 is 0 Å². The molecule has 0 nitrogen and oxygen atoms in total. The molecule has 0 atom stereocenters. The Bertz CT molecular complexity index is 3.25. The average Bonchev–Trinajstić information content (AvgIpc) is 1.50. The minimum absolute atomic E-state index is 1.47. The van der Waals surface area contributed by atoms with Gasteiger partial charge in [-0.25, -0.2) is 0 Å². The third-order valence-electron chi connectivity index (χ3n) is 0. The van der Waals surface area contributed by atoms with Gasteiger partial charge in [0, 0.05) is 0 Å². The Balaban J connectivity index is 0. The van der Waals surface area contributed by atoms with Crippen molar-refractivity contribution in [3.05, 3.63) is 0 Å². The van der Waals surface area contributed by atoms with Gasteiger partial charge in [-0.3, -0.25) is 0 Å². The van der Waals surface area contributed by atoms with E-state index in [-0.39, 0.29) is 0 Å². The number of hydrogen-bond donors (Lipinski definition) is 0. The SMILES string of the molecule is [Cl][Ge].[Ge]=[Ge]. The Labute approximate surface area is 53.2 Å². The van der Waals surface area contributed by atoms with E-state index in [4.69, 9.17) is 0 Å². The molecule has 0 rings (SSSR count). The first-order valence-electron chi connectivity index (χ1n) is 0.439. The predicted octanol–water partition coefficient (Wildman–Crippen LogP) is -0.453. The zero-order valence-electron chi connectivity index (χ0n) is 1.88. The first kappa shape index (κ1) is 9.32. The van der Waals surface area contributed by atoms with Crippen molar-refractivity contribution in [2.24, 2.45) is 0 Å². The summed E-state index contributed by atoms with van der Waals surface area (Å²) < 4.78 is 0. The van der Waals surface area contributed by atoms with Crippen LogP contribution in [0.25, 0.3) is 0 Å². The normalized spacial score (nSPS) is 2.50. The van der Waals surface area contributed by atoms with Gasteiger partial charge in [-0.2, -0.15) is 0 Å². The van der Waals surface area contributed by atoms with E-state index in [2.05, 4.69) is 10.0 Å². The Kier molecular flexibility index (Phi) is 47.8. The first-order valence-corrected chi connectivity index (χ1v) is 9.70. The van der Waals surface area contributed by atoms with Gasteiger partial charge in [0.1, 0.15) is 0 Å². The molecule has 0 spiro atoms. The second-order valence-electron chi connectivity index (χ2n) is 0. The van der Waals surface area contributed by atoms with Gasteiger partial charge in [-0.05, 0) is 0 Å². The van der Waals surface area contributed by atoms with Crippen LogP contribution in [-0.4, -0.2) is 43.6 Å². The number of hydrogen-bond acceptors (Lipinski definition) is 0. The minimum atomic E-state index is 1.47. The van der Waals surface area contributed by atoms with E-state index < -0.39 is 0 Å². The van der Waals surface area contributed by atoms with Crippen molar-refractivity contribution < 1.29 is 0 Å². The van der Waals surface area contributed by atoms with Crippen LogP contribution in [0.2, 0.25) is 0 Å². The van der Waals surface area contributed by atoms with Crippen LogP contribution < -0.4 is 0 Å². The summed E-state index contributed by atoms with van der Waals surface area (Å²) in [6.45, 7) is 0. The first-order chi connectivity index (χ1) is 2.00. The number of halogens is 1. The molecule has 0 saturated heterocycles. The molecular formula is ClGe3. The number of rotatable bonds is 0. The molecule has 4 heteroatoms. The van der Waals surface area contributed by atoms with Gasteiger partial charge in [-0.1, -0.05) is 0 Å². The fourth-order valence-electron chi connectivity index (χ4n) is 0. The molecule has 0 N–H and O–H groups in total. The summed E-state index contributed by atoms with van der Waals surface area (Å²) in [4.78, 5) is 0. The molecule has 0 unspecified atom stereocenters. The van der Waals surface area contributed by atoms with E-state index in [0.29, 0.717) is 0 Å². The van der Waals surface area contributed by atoms with Crippen LogP contribution in [0.5, 0.6) is 0 Å². The summed E-state index contributed by atoms with van der Waals surface area (Å²) in [6, 6.07) is 0. The molecule has 0 aliphatic rings. The fraction of sp³-hybridized carbons (Fsp3) is 0. The molecule has 0 heterocycles. The van der Waals surface area contributed by atoms with Crippen molar-refractivity contribution in [3.8, 4) is 0 Å². The summed E-state index contributed by atoms with van der Waals surface area (Å²) >= 11 is 5.47. The van der Waals surface area contributed by atoms with Gasteiger partial charge in [0.2, 0.25) is 0 Å². The molecule has 0 bridgehead atoms. The molecule has 0 fully saturated rings. The average molecular weight is 253 g/mol. The van der Waals surface area contributed by atoms with Crippen LogP contribution in [-0.2, 0) is 0 Å². The van der Waals surface area contributed by atoms with Crippen molar-refractivity contribution in [1.29, 1.82) is 0 Å². The Morgan fingerprint density at radius 3 is 1.00 bits per heavy atom. The van der Waals surface area contributed by atoms with Gasteiger partial charge in [0.05, 0.1) is 0 Å². The van der Waals surface area contributed by atoms with E-state index in [0.717, 1.165) is 0 Å². The van der Waals surface area contributed by atoms with E-state index >= 15 is 0 Å². The molecule has 19 valence electrons. The molecule has 0 saturated carbocycles. The maximum atomic E-state index is 4.64. The molecular weight excluding hydrogens is 253 g/mol. The Morgan fingerprint density at radius 1 is 1.00 bits per heavy atom. The molecule has 0 aromatic rings. The van der Waals surface area contributed by atoms with Crippen LogP contribution in [0, 0.1) is 0 Å². The van der Waals surface area contributed by atoms with Crippen LogP contribution in [0.4, 0.5) is 0 Å².